The Hall–Kier alpha value is -3.52. The lowest BCUT2D eigenvalue weighted by atomic mass is 10.1. The molecule has 1 atom stereocenters. The number of aryl methyl sites for hydroxylation is 1. The number of anilines is 2. The quantitative estimate of drug-likeness (QED) is 0.507. The summed E-state index contributed by atoms with van der Waals surface area (Å²) in [5, 5.41) is 0. The molecule has 1 aliphatic heterocycles. The minimum absolute atomic E-state index is 0.0772. The van der Waals surface area contributed by atoms with Crippen molar-refractivity contribution in [1.82, 2.24) is 0 Å². The summed E-state index contributed by atoms with van der Waals surface area (Å²) in [6.45, 7) is 3.47. The van der Waals surface area contributed by atoms with Gasteiger partial charge in [-0.1, -0.05) is 35.9 Å². The summed E-state index contributed by atoms with van der Waals surface area (Å²) >= 11 is 0. The zero-order chi connectivity index (χ0) is 24.5. The monoisotopic (exact) mass is 480 g/mol. The minimum Gasteiger partial charge on any atom is -0.497 e. The van der Waals surface area contributed by atoms with Crippen LogP contribution in [-0.4, -0.2) is 41.1 Å². The summed E-state index contributed by atoms with van der Waals surface area (Å²) in [4.78, 5) is 15.4. The highest BCUT2D eigenvalue weighted by Gasteiger charge is 2.35. The normalized spacial score (nSPS) is 15.1. The van der Waals surface area contributed by atoms with E-state index in [0.717, 1.165) is 27.5 Å². The van der Waals surface area contributed by atoms with Crippen molar-refractivity contribution in [2.75, 3.05) is 30.0 Å². The van der Waals surface area contributed by atoms with E-state index < -0.39 is 10.0 Å². The van der Waals surface area contributed by atoms with Crippen LogP contribution in [0.3, 0.4) is 0 Å². The van der Waals surface area contributed by atoms with Crippen LogP contribution >= 0.6 is 0 Å². The topological polar surface area (TPSA) is 76.2 Å². The highest BCUT2D eigenvalue weighted by molar-refractivity contribution is 7.92. The summed E-state index contributed by atoms with van der Waals surface area (Å²) in [6, 6.07) is 19.0. The number of benzene rings is 3. The third-order valence-electron chi connectivity index (χ3n) is 6.02. The number of fused-ring (bicyclic) bond motifs is 1. The van der Waals surface area contributed by atoms with Crippen LogP contribution in [0.2, 0.25) is 0 Å². The lowest BCUT2D eigenvalue weighted by molar-refractivity contribution is -0.117. The molecule has 0 bridgehead atoms. The molecular formula is C26H28N2O5S. The number of rotatable bonds is 7. The summed E-state index contributed by atoms with van der Waals surface area (Å²) in [5.41, 5.74) is 3.08. The molecule has 8 heteroatoms. The van der Waals surface area contributed by atoms with E-state index in [2.05, 4.69) is 0 Å². The van der Waals surface area contributed by atoms with Crippen molar-refractivity contribution in [3.05, 3.63) is 77.9 Å². The standard InChI is InChI=1S/C26H28N2O5S/c1-18-9-12-22(13-10-18)34(30,31)27(24-14-11-21(32-3)16-25(24)33-4)17-26(29)28-19(2)15-20-7-5-6-8-23(20)28/h5-14,16,19H,15,17H2,1-4H3/t19-/m0/s1. The van der Waals surface area contributed by atoms with Crippen molar-refractivity contribution >= 4 is 27.3 Å². The zero-order valence-corrected chi connectivity index (χ0v) is 20.5. The Morgan fingerprint density at radius 1 is 1.03 bits per heavy atom. The summed E-state index contributed by atoms with van der Waals surface area (Å²) in [7, 11) is -1.10. The van der Waals surface area contributed by atoms with E-state index in [4.69, 9.17) is 9.47 Å². The van der Waals surface area contributed by atoms with E-state index in [1.165, 1.54) is 14.2 Å². The summed E-state index contributed by atoms with van der Waals surface area (Å²) in [6.07, 6.45) is 0.721. The average molecular weight is 481 g/mol. The maximum atomic E-state index is 13.8. The number of methoxy groups -OCH3 is 2. The van der Waals surface area contributed by atoms with E-state index in [1.807, 2.05) is 38.1 Å². The molecule has 1 aliphatic rings. The number of sulfonamides is 1. The van der Waals surface area contributed by atoms with Gasteiger partial charge in [-0.05, 0) is 56.2 Å². The Morgan fingerprint density at radius 2 is 1.74 bits per heavy atom. The SMILES string of the molecule is COc1ccc(N(CC(=O)N2c3ccccc3C[C@@H]2C)S(=O)(=O)c2ccc(C)cc2)c(OC)c1. The fraction of sp³-hybridized carbons (Fsp3) is 0.269. The number of carbonyl (C=O) groups excluding carboxylic acids is 1. The Bertz CT molecular complexity index is 1310. The van der Waals surface area contributed by atoms with Gasteiger partial charge in [0.2, 0.25) is 5.91 Å². The van der Waals surface area contributed by atoms with Crippen molar-refractivity contribution in [3.8, 4) is 11.5 Å². The first-order valence-corrected chi connectivity index (χ1v) is 12.4. The maximum absolute atomic E-state index is 13.8. The second kappa shape index (κ2) is 9.38. The molecular weight excluding hydrogens is 452 g/mol. The van der Waals surface area contributed by atoms with Gasteiger partial charge in [0, 0.05) is 17.8 Å². The highest BCUT2D eigenvalue weighted by atomic mass is 32.2. The second-order valence-corrected chi connectivity index (χ2v) is 10.2. The number of hydrogen-bond donors (Lipinski definition) is 0. The maximum Gasteiger partial charge on any atom is 0.264 e. The number of para-hydroxylation sites is 1. The smallest absolute Gasteiger partial charge is 0.264 e. The number of ether oxygens (including phenoxy) is 2. The van der Waals surface area contributed by atoms with E-state index in [-0.39, 0.29) is 34.8 Å². The molecule has 0 fully saturated rings. The van der Waals surface area contributed by atoms with Gasteiger partial charge in [-0.3, -0.25) is 9.10 Å². The molecule has 7 nitrogen and oxygen atoms in total. The second-order valence-electron chi connectivity index (χ2n) is 8.31. The van der Waals surface area contributed by atoms with Crippen LogP contribution in [0, 0.1) is 6.92 Å². The molecule has 1 heterocycles. The average Bonchev–Trinajstić information content (AvgIpc) is 3.18. The van der Waals surface area contributed by atoms with Crippen LogP contribution in [0.5, 0.6) is 11.5 Å². The third kappa shape index (κ3) is 4.33. The molecule has 3 aromatic carbocycles. The third-order valence-corrected chi connectivity index (χ3v) is 7.79. The molecule has 0 N–H and O–H groups in total. The Labute approximate surface area is 200 Å². The van der Waals surface area contributed by atoms with Crippen LogP contribution in [0.1, 0.15) is 18.1 Å². The fourth-order valence-electron chi connectivity index (χ4n) is 4.27. The van der Waals surface area contributed by atoms with Gasteiger partial charge in [0.25, 0.3) is 10.0 Å². The molecule has 4 rings (SSSR count). The highest BCUT2D eigenvalue weighted by Crippen LogP contribution is 2.37. The first-order valence-electron chi connectivity index (χ1n) is 11.0. The number of carbonyl (C=O) groups is 1. The molecule has 0 spiro atoms. The molecule has 0 saturated heterocycles. The van der Waals surface area contributed by atoms with Gasteiger partial charge < -0.3 is 14.4 Å². The number of amides is 1. The van der Waals surface area contributed by atoms with Crippen LogP contribution in [0.25, 0.3) is 0 Å². The van der Waals surface area contributed by atoms with Gasteiger partial charge in [0.05, 0.1) is 24.8 Å². The van der Waals surface area contributed by atoms with Crippen LogP contribution in [0.4, 0.5) is 11.4 Å². The largest absolute Gasteiger partial charge is 0.497 e. The molecule has 178 valence electrons. The van der Waals surface area contributed by atoms with Gasteiger partial charge in [-0.25, -0.2) is 8.42 Å². The Balaban J connectivity index is 1.79. The van der Waals surface area contributed by atoms with Gasteiger partial charge >= 0.3 is 0 Å². The van der Waals surface area contributed by atoms with Crippen LogP contribution in [-0.2, 0) is 21.2 Å². The summed E-state index contributed by atoms with van der Waals surface area (Å²) < 4.78 is 39.5. The van der Waals surface area contributed by atoms with E-state index in [9.17, 15) is 13.2 Å². The minimum atomic E-state index is -4.08. The van der Waals surface area contributed by atoms with Gasteiger partial charge in [-0.15, -0.1) is 0 Å². The van der Waals surface area contributed by atoms with Gasteiger partial charge in [-0.2, -0.15) is 0 Å². The molecule has 0 aromatic heterocycles. The van der Waals surface area contributed by atoms with Gasteiger partial charge in [0.15, 0.2) is 0 Å². The number of hydrogen-bond acceptors (Lipinski definition) is 5. The molecule has 0 saturated carbocycles. The fourth-order valence-corrected chi connectivity index (χ4v) is 5.70. The molecule has 1 amide bonds. The molecule has 3 aromatic rings. The van der Waals surface area contributed by atoms with Crippen LogP contribution < -0.4 is 18.7 Å². The van der Waals surface area contributed by atoms with Gasteiger partial charge in [0.1, 0.15) is 18.0 Å². The van der Waals surface area contributed by atoms with Crippen molar-refractivity contribution in [2.45, 2.75) is 31.2 Å². The molecule has 34 heavy (non-hydrogen) atoms. The Morgan fingerprint density at radius 3 is 2.41 bits per heavy atom. The summed E-state index contributed by atoms with van der Waals surface area (Å²) in [5.74, 6) is 0.491. The lowest BCUT2D eigenvalue weighted by Gasteiger charge is -2.29. The Kier molecular flexibility index (Phi) is 6.52. The van der Waals surface area contributed by atoms with E-state index >= 15 is 0 Å². The van der Waals surface area contributed by atoms with Crippen molar-refractivity contribution in [1.29, 1.82) is 0 Å². The lowest BCUT2D eigenvalue weighted by Crippen LogP contribution is -2.45. The van der Waals surface area contributed by atoms with E-state index in [0.29, 0.717) is 5.75 Å². The van der Waals surface area contributed by atoms with Crippen molar-refractivity contribution in [2.24, 2.45) is 0 Å². The predicted octanol–water partition coefficient (Wildman–Crippen LogP) is 4.19. The molecule has 0 unspecified atom stereocenters. The van der Waals surface area contributed by atoms with Crippen LogP contribution in [0.15, 0.2) is 71.6 Å². The first-order chi connectivity index (χ1) is 16.3. The van der Waals surface area contributed by atoms with E-state index in [1.54, 1.807) is 47.4 Å². The molecule has 0 radical (unpaired) electrons. The predicted molar refractivity (Wildman–Crippen MR) is 132 cm³/mol. The number of nitrogens with zero attached hydrogens (tertiary/aromatic N) is 2. The van der Waals surface area contributed by atoms with Crippen molar-refractivity contribution in [3.63, 3.8) is 0 Å². The molecule has 0 aliphatic carbocycles. The van der Waals surface area contributed by atoms with Crippen molar-refractivity contribution < 1.29 is 22.7 Å². The first kappa shape index (κ1) is 23.6. The zero-order valence-electron chi connectivity index (χ0n) is 19.7.